The van der Waals surface area contributed by atoms with E-state index in [0.29, 0.717) is 12.5 Å². The normalized spacial score (nSPS) is 15.8. The summed E-state index contributed by atoms with van der Waals surface area (Å²) >= 11 is 1.06. The zero-order valence-corrected chi connectivity index (χ0v) is 11.6. The minimum Gasteiger partial charge on any atom is -0.433 e. The number of nitrogens with one attached hydrogen (secondary N) is 1. The average molecular weight is 313 g/mol. The lowest BCUT2D eigenvalue weighted by Gasteiger charge is -2.11. The molecule has 1 heterocycles. The Morgan fingerprint density at radius 1 is 1.58 bits per heavy atom. The van der Waals surface area contributed by atoms with Gasteiger partial charge in [-0.15, -0.1) is 23.7 Å². The Morgan fingerprint density at radius 2 is 2.26 bits per heavy atom. The lowest BCUT2D eigenvalue weighted by Crippen LogP contribution is -2.38. The van der Waals surface area contributed by atoms with Crippen LogP contribution in [0.15, 0.2) is 11.4 Å². The number of carbonyl (C=O) groups excluding carboxylic acids is 1. The molecule has 1 aliphatic rings. The van der Waals surface area contributed by atoms with Gasteiger partial charge in [-0.05, 0) is 30.2 Å². The largest absolute Gasteiger partial charge is 0.433 e. The van der Waals surface area contributed by atoms with Crippen molar-refractivity contribution in [3.05, 3.63) is 16.3 Å². The summed E-state index contributed by atoms with van der Waals surface area (Å²) in [5.41, 5.74) is 5.84. The van der Waals surface area contributed by atoms with E-state index in [1.165, 1.54) is 11.4 Å². The summed E-state index contributed by atoms with van der Waals surface area (Å²) in [6.07, 6.45) is 2.19. The lowest BCUT2D eigenvalue weighted by atomic mass is 10.2. The molecule has 1 saturated carbocycles. The first-order valence-electron chi connectivity index (χ1n) is 5.64. The maximum absolute atomic E-state index is 12.1. The summed E-state index contributed by atoms with van der Waals surface area (Å²) < 4.78 is 28.5. The Morgan fingerprint density at radius 3 is 2.84 bits per heavy atom. The average Bonchev–Trinajstić information content (AvgIpc) is 3.06. The van der Waals surface area contributed by atoms with Crippen LogP contribution in [0.2, 0.25) is 0 Å². The first-order chi connectivity index (χ1) is 8.58. The van der Waals surface area contributed by atoms with Crippen LogP contribution in [0, 0.1) is 5.92 Å². The molecular weight excluding hydrogens is 298 g/mol. The number of hydrogen-bond donors (Lipinski definition) is 2. The number of ether oxygens (including phenoxy) is 1. The van der Waals surface area contributed by atoms with Crippen LogP contribution in [0.4, 0.5) is 8.78 Å². The van der Waals surface area contributed by atoms with Crippen molar-refractivity contribution in [3.8, 4) is 5.75 Å². The molecule has 108 valence electrons. The topological polar surface area (TPSA) is 64.3 Å². The van der Waals surface area contributed by atoms with Crippen LogP contribution >= 0.6 is 23.7 Å². The van der Waals surface area contributed by atoms with Gasteiger partial charge in [0.1, 0.15) is 10.6 Å². The number of thiophene rings is 1. The number of amides is 1. The number of nitrogens with two attached hydrogens (primary N) is 1. The van der Waals surface area contributed by atoms with Gasteiger partial charge < -0.3 is 15.8 Å². The standard InChI is InChI=1S/C11H14F2N2O2S.ClH/c12-11(13)17-8-3-4-18-9(8)10(16)15-5-7(14)6-1-2-6;/h3-4,6-7,11H,1-2,5,14H2,(H,15,16);1H. The quantitative estimate of drug-likeness (QED) is 0.846. The zero-order valence-electron chi connectivity index (χ0n) is 9.97. The van der Waals surface area contributed by atoms with Crippen molar-refractivity contribution in [2.24, 2.45) is 11.7 Å². The fourth-order valence-electron chi connectivity index (χ4n) is 1.63. The maximum Gasteiger partial charge on any atom is 0.387 e. The van der Waals surface area contributed by atoms with E-state index in [9.17, 15) is 13.6 Å². The Balaban J connectivity index is 0.00000180. The second-order valence-corrected chi connectivity index (χ2v) is 5.12. The molecule has 1 amide bonds. The predicted octanol–water partition coefficient (Wildman–Crippen LogP) is 2.24. The molecule has 0 aromatic carbocycles. The van der Waals surface area contributed by atoms with Crippen LogP contribution in [-0.2, 0) is 0 Å². The highest BCUT2D eigenvalue weighted by Crippen LogP contribution is 2.31. The van der Waals surface area contributed by atoms with Gasteiger partial charge in [0.15, 0.2) is 0 Å². The summed E-state index contributed by atoms with van der Waals surface area (Å²) in [5, 5.41) is 4.18. The first-order valence-corrected chi connectivity index (χ1v) is 6.52. The molecule has 1 fully saturated rings. The van der Waals surface area contributed by atoms with Gasteiger partial charge in [-0.1, -0.05) is 0 Å². The third-order valence-corrected chi connectivity index (χ3v) is 3.67. The van der Waals surface area contributed by atoms with Crippen molar-refractivity contribution in [3.63, 3.8) is 0 Å². The molecular formula is C11H15ClF2N2O2S. The molecule has 1 aromatic heterocycles. The Bertz CT molecular complexity index is 427. The Labute approximate surface area is 119 Å². The van der Waals surface area contributed by atoms with Crippen LogP contribution in [0.5, 0.6) is 5.75 Å². The molecule has 1 atom stereocenters. The second-order valence-electron chi connectivity index (χ2n) is 4.20. The van der Waals surface area contributed by atoms with E-state index in [0.717, 1.165) is 24.2 Å². The summed E-state index contributed by atoms with van der Waals surface area (Å²) in [7, 11) is 0. The van der Waals surface area contributed by atoms with Gasteiger partial charge in [-0.3, -0.25) is 4.79 Å². The van der Waals surface area contributed by atoms with E-state index in [4.69, 9.17) is 5.73 Å². The van der Waals surface area contributed by atoms with Crippen molar-refractivity contribution in [2.45, 2.75) is 25.5 Å². The first kappa shape index (κ1) is 16.1. The fraction of sp³-hybridized carbons (Fsp3) is 0.545. The molecule has 0 radical (unpaired) electrons. The van der Waals surface area contributed by atoms with Crippen molar-refractivity contribution in [1.82, 2.24) is 5.32 Å². The van der Waals surface area contributed by atoms with Crippen LogP contribution in [0.3, 0.4) is 0 Å². The van der Waals surface area contributed by atoms with Gasteiger partial charge in [0, 0.05) is 12.6 Å². The van der Waals surface area contributed by atoms with E-state index in [2.05, 4.69) is 10.1 Å². The summed E-state index contributed by atoms with van der Waals surface area (Å²) in [6.45, 7) is -2.57. The molecule has 0 saturated heterocycles. The molecule has 19 heavy (non-hydrogen) atoms. The molecule has 0 bridgehead atoms. The third kappa shape index (κ3) is 4.59. The smallest absolute Gasteiger partial charge is 0.387 e. The highest BCUT2D eigenvalue weighted by molar-refractivity contribution is 7.12. The highest BCUT2D eigenvalue weighted by Gasteiger charge is 2.29. The number of rotatable bonds is 6. The molecule has 1 aliphatic carbocycles. The highest BCUT2D eigenvalue weighted by atomic mass is 35.5. The van der Waals surface area contributed by atoms with Crippen LogP contribution < -0.4 is 15.8 Å². The molecule has 1 unspecified atom stereocenters. The minimum atomic E-state index is -2.93. The zero-order chi connectivity index (χ0) is 13.1. The third-order valence-electron chi connectivity index (χ3n) is 2.78. The molecule has 3 N–H and O–H groups in total. The molecule has 2 rings (SSSR count). The number of alkyl halides is 2. The van der Waals surface area contributed by atoms with Crippen molar-refractivity contribution < 1.29 is 18.3 Å². The Kier molecular flexibility index (Phi) is 5.96. The summed E-state index contributed by atoms with van der Waals surface area (Å²) in [5.74, 6) is -0.0327. The van der Waals surface area contributed by atoms with E-state index in [1.807, 2.05) is 0 Å². The fourth-order valence-corrected chi connectivity index (χ4v) is 2.37. The van der Waals surface area contributed by atoms with Gasteiger partial charge in [-0.2, -0.15) is 8.78 Å². The van der Waals surface area contributed by atoms with Gasteiger partial charge in [0.05, 0.1) is 0 Å². The van der Waals surface area contributed by atoms with E-state index < -0.39 is 12.5 Å². The number of halogens is 3. The van der Waals surface area contributed by atoms with E-state index in [1.54, 1.807) is 0 Å². The van der Waals surface area contributed by atoms with Gasteiger partial charge in [0.2, 0.25) is 0 Å². The predicted molar refractivity (Wildman–Crippen MR) is 71.2 cm³/mol. The van der Waals surface area contributed by atoms with E-state index in [-0.39, 0.29) is 29.1 Å². The molecule has 0 spiro atoms. The van der Waals surface area contributed by atoms with Crippen LogP contribution in [0.1, 0.15) is 22.5 Å². The number of hydrogen-bond acceptors (Lipinski definition) is 4. The van der Waals surface area contributed by atoms with E-state index >= 15 is 0 Å². The molecule has 0 aliphatic heterocycles. The van der Waals surface area contributed by atoms with Crippen molar-refractivity contribution >= 4 is 29.7 Å². The SMILES string of the molecule is Cl.NC(CNC(=O)c1sccc1OC(F)F)C1CC1. The monoisotopic (exact) mass is 312 g/mol. The lowest BCUT2D eigenvalue weighted by molar-refractivity contribution is -0.0498. The van der Waals surface area contributed by atoms with Gasteiger partial charge >= 0.3 is 6.61 Å². The second kappa shape index (κ2) is 7.02. The summed E-state index contributed by atoms with van der Waals surface area (Å²) in [6, 6.07) is 1.29. The minimum absolute atomic E-state index is 0. The molecule has 8 heteroatoms. The van der Waals surface area contributed by atoms with Crippen molar-refractivity contribution in [2.75, 3.05) is 6.54 Å². The molecule has 1 aromatic rings. The Hall–Kier alpha value is -0.920. The molecule has 4 nitrogen and oxygen atoms in total. The van der Waals surface area contributed by atoms with Crippen LogP contribution in [-0.4, -0.2) is 25.1 Å². The van der Waals surface area contributed by atoms with Crippen molar-refractivity contribution in [1.29, 1.82) is 0 Å². The van der Waals surface area contributed by atoms with Crippen LogP contribution in [0.25, 0.3) is 0 Å². The number of carbonyl (C=O) groups is 1. The maximum atomic E-state index is 12.1. The van der Waals surface area contributed by atoms with Gasteiger partial charge in [-0.25, -0.2) is 0 Å². The summed E-state index contributed by atoms with van der Waals surface area (Å²) in [4.78, 5) is 11.9. The van der Waals surface area contributed by atoms with Gasteiger partial charge in [0.25, 0.3) is 5.91 Å².